The maximum Gasteiger partial charge on any atom is 0.330 e. The first-order valence-electron chi connectivity index (χ1n) is 9.93. The van der Waals surface area contributed by atoms with Crippen LogP contribution in [0.25, 0.3) is 0 Å². The van der Waals surface area contributed by atoms with Crippen LogP contribution in [0.4, 0.5) is 0 Å². The summed E-state index contributed by atoms with van der Waals surface area (Å²) in [6, 6.07) is 15.4. The summed E-state index contributed by atoms with van der Waals surface area (Å²) in [6.07, 6.45) is 2.23. The van der Waals surface area contributed by atoms with Crippen LogP contribution in [-0.2, 0) is 24.5 Å². The first-order valence-corrected chi connectivity index (χ1v) is 9.93. The van der Waals surface area contributed by atoms with Crippen molar-refractivity contribution in [3.05, 3.63) is 85.0 Å². The first kappa shape index (κ1) is 23.7. The zero-order valence-electron chi connectivity index (χ0n) is 18.0. The van der Waals surface area contributed by atoms with Crippen LogP contribution in [0.15, 0.2) is 73.8 Å². The predicted octanol–water partition coefficient (Wildman–Crippen LogP) is 4.23. The molecule has 6 heteroatoms. The van der Waals surface area contributed by atoms with E-state index in [0.717, 1.165) is 23.3 Å². The molecule has 2 rings (SSSR count). The standard InChI is InChI=1S/C25H28O6/c1-5-23(26)30-17-15-28-21-13-9-7-11-19(21)25(3,4)20-12-8-10-14-22(20)29-16-18-31-24(27)6-2/h5-14H,1-2,15-18H2,3-4H3. The van der Waals surface area contributed by atoms with E-state index in [1.54, 1.807) is 0 Å². The highest BCUT2D eigenvalue weighted by Gasteiger charge is 2.29. The summed E-state index contributed by atoms with van der Waals surface area (Å²) in [5.74, 6) is 0.415. The Labute approximate surface area is 183 Å². The van der Waals surface area contributed by atoms with Crippen LogP contribution in [0.2, 0.25) is 0 Å². The Morgan fingerprint density at radius 2 is 1.13 bits per heavy atom. The molecular weight excluding hydrogens is 396 g/mol. The molecule has 0 saturated carbocycles. The number of esters is 2. The van der Waals surface area contributed by atoms with Gasteiger partial charge >= 0.3 is 11.9 Å². The molecule has 0 saturated heterocycles. The molecule has 0 unspecified atom stereocenters. The Balaban J connectivity index is 2.16. The molecule has 6 nitrogen and oxygen atoms in total. The maximum atomic E-state index is 11.2. The number of carbonyl (C=O) groups is 2. The fourth-order valence-corrected chi connectivity index (χ4v) is 3.07. The lowest BCUT2D eigenvalue weighted by molar-refractivity contribution is -0.139. The number of benzene rings is 2. The van der Waals surface area contributed by atoms with Crippen LogP contribution < -0.4 is 9.47 Å². The van der Waals surface area contributed by atoms with Crippen LogP contribution >= 0.6 is 0 Å². The molecule has 31 heavy (non-hydrogen) atoms. The van der Waals surface area contributed by atoms with Gasteiger partial charge in [-0.05, 0) is 12.1 Å². The van der Waals surface area contributed by atoms with Crippen molar-refractivity contribution in [2.75, 3.05) is 26.4 Å². The summed E-state index contributed by atoms with van der Waals surface area (Å²) in [5, 5.41) is 0. The second-order valence-electron chi connectivity index (χ2n) is 7.06. The fourth-order valence-electron chi connectivity index (χ4n) is 3.07. The van der Waals surface area contributed by atoms with Gasteiger partial charge in [0.15, 0.2) is 0 Å². The highest BCUT2D eigenvalue weighted by atomic mass is 16.6. The molecule has 0 fully saturated rings. The minimum Gasteiger partial charge on any atom is -0.490 e. The summed E-state index contributed by atoms with van der Waals surface area (Å²) < 4.78 is 21.8. The van der Waals surface area contributed by atoms with Crippen molar-refractivity contribution in [3.63, 3.8) is 0 Å². The van der Waals surface area contributed by atoms with E-state index in [-0.39, 0.29) is 26.4 Å². The summed E-state index contributed by atoms with van der Waals surface area (Å²) in [4.78, 5) is 22.4. The lowest BCUT2D eigenvalue weighted by Gasteiger charge is -2.30. The zero-order chi connectivity index (χ0) is 22.7. The normalized spacial score (nSPS) is 10.6. The van der Waals surface area contributed by atoms with E-state index < -0.39 is 17.4 Å². The second kappa shape index (κ2) is 11.6. The van der Waals surface area contributed by atoms with Gasteiger partial charge in [0.1, 0.15) is 37.9 Å². The van der Waals surface area contributed by atoms with Crippen LogP contribution in [0.1, 0.15) is 25.0 Å². The number of ether oxygens (including phenoxy) is 4. The van der Waals surface area contributed by atoms with Gasteiger partial charge in [-0.3, -0.25) is 0 Å². The van der Waals surface area contributed by atoms with Gasteiger partial charge in [-0.1, -0.05) is 63.4 Å². The number of carbonyl (C=O) groups excluding carboxylic acids is 2. The summed E-state index contributed by atoms with van der Waals surface area (Å²) in [7, 11) is 0. The van der Waals surface area contributed by atoms with Gasteiger partial charge in [-0.25, -0.2) is 9.59 Å². The minimum absolute atomic E-state index is 0.128. The van der Waals surface area contributed by atoms with Crippen LogP contribution in [-0.4, -0.2) is 38.4 Å². The van der Waals surface area contributed by atoms with Gasteiger partial charge in [0.2, 0.25) is 0 Å². The first-order chi connectivity index (χ1) is 14.9. The van der Waals surface area contributed by atoms with Gasteiger partial charge in [0.05, 0.1) is 0 Å². The quantitative estimate of drug-likeness (QED) is 0.289. The molecule has 0 aliphatic carbocycles. The molecule has 0 radical (unpaired) electrons. The van der Waals surface area contributed by atoms with Crippen molar-refractivity contribution in [1.82, 2.24) is 0 Å². The zero-order valence-corrected chi connectivity index (χ0v) is 18.0. The van der Waals surface area contributed by atoms with Crippen molar-refractivity contribution < 1.29 is 28.5 Å². The predicted molar refractivity (Wildman–Crippen MR) is 118 cm³/mol. The van der Waals surface area contributed by atoms with Gasteiger partial charge in [-0.2, -0.15) is 0 Å². The molecule has 164 valence electrons. The molecule has 0 spiro atoms. The molecule has 0 aliphatic heterocycles. The highest BCUT2D eigenvalue weighted by molar-refractivity contribution is 5.81. The van der Waals surface area contributed by atoms with Crippen molar-refractivity contribution >= 4 is 11.9 Å². The molecule has 2 aromatic rings. The van der Waals surface area contributed by atoms with Crippen molar-refractivity contribution in [3.8, 4) is 11.5 Å². The van der Waals surface area contributed by atoms with E-state index in [2.05, 4.69) is 27.0 Å². The molecule has 0 N–H and O–H groups in total. The van der Waals surface area contributed by atoms with E-state index in [0.29, 0.717) is 11.5 Å². The Morgan fingerprint density at radius 3 is 1.52 bits per heavy atom. The lowest BCUT2D eigenvalue weighted by Crippen LogP contribution is -2.22. The van der Waals surface area contributed by atoms with E-state index in [1.165, 1.54) is 0 Å². The van der Waals surface area contributed by atoms with E-state index in [4.69, 9.17) is 18.9 Å². The maximum absolute atomic E-state index is 11.2. The summed E-state index contributed by atoms with van der Waals surface area (Å²) in [6.45, 7) is 11.6. The van der Waals surface area contributed by atoms with Gasteiger partial charge in [0, 0.05) is 28.7 Å². The van der Waals surface area contributed by atoms with Crippen molar-refractivity contribution in [1.29, 1.82) is 0 Å². The average molecular weight is 424 g/mol. The number of hydrogen-bond donors (Lipinski definition) is 0. The lowest BCUT2D eigenvalue weighted by atomic mass is 9.77. The molecule has 0 aromatic heterocycles. The average Bonchev–Trinajstić information content (AvgIpc) is 2.79. The Kier molecular flexibility index (Phi) is 8.88. The fraction of sp³-hybridized carbons (Fsp3) is 0.280. The third-order valence-corrected chi connectivity index (χ3v) is 4.62. The topological polar surface area (TPSA) is 71.1 Å². The summed E-state index contributed by atoms with van der Waals surface area (Å²) in [5.41, 5.74) is 1.46. The molecule has 0 aliphatic rings. The minimum atomic E-state index is -0.484. The van der Waals surface area contributed by atoms with Gasteiger partial charge in [-0.15, -0.1) is 0 Å². The van der Waals surface area contributed by atoms with Crippen LogP contribution in [0.5, 0.6) is 11.5 Å². The molecular formula is C25H28O6. The van der Waals surface area contributed by atoms with E-state index >= 15 is 0 Å². The largest absolute Gasteiger partial charge is 0.490 e. The van der Waals surface area contributed by atoms with Crippen LogP contribution in [0.3, 0.4) is 0 Å². The molecule has 0 bridgehead atoms. The third-order valence-electron chi connectivity index (χ3n) is 4.62. The monoisotopic (exact) mass is 424 g/mol. The third kappa shape index (κ3) is 6.74. The highest BCUT2D eigenvalue weighted by Crippen LogP contribution is 2.41. The SMILES string of the molecule is C=CC(=O)OCCOc1ccccc1C(C)(C)c1ccccc1OCCOC(=O)C=C. The van der Waals surface area contributed by atoms with Crippen molar-refractivity contribution in [2.45, 2.75) is 19.3 Å². The molecule has 2 aromatic carbocycles. The smallest absolute Gasteiger partial charge is 0.330 e. The Bertz CT molecular complexity index is 842. The van der Waals surface area contributed by atoms with E-state index in [9.17, 15) is 9.59 Å². The van der Waals surface area contributed by atoms with E-state index in [1.807, 2.05) is 48.5 Å². The number of rotatable bonds is 12. The summed E-state index contributed by atoms with van der Waals surface area (Å²) >= 11 is 0. The van der Waals surface area contributed by atoms with Crippen LogP contribution in [0, 0.1) is 0 Å². The Morgan fingerprint density at radius 1 is 0.742 bits per heavy atom. The molecule has 0 amide bonds. The Hall–Kier alpha value is -3.54. The second-order valence-corrected chi connectivity index (χ2v) is 7.06. The number of para-hydroxylation sites is 2. The number of hydrogen-bond acceptors (Lipinski definition) is 6. The van der Waals surface area contributed by atoms with Gasteiger partial charge < -0.3 is 18.9 Å². The van der Waals surface area contributed by atoms with Crippen molar-refractivity contribution in [2.24, 2.45) is 0 Å². The van der Waals surface area contributed by atoms with Gasteiger partial charge in [0.25, 0.3) is 0 Å². The molecule has 0 atom stereocenters. The molecule has 0 heterocycles.